The third-order valence-electron chi connectivity index (χ3n) is 4.34. The van der Waals surface area contributed by atoms with Gasteiger partial charge in [0.25, 0.3) is 11.8 Å². The van der Waals surface area contributed by atoms with E-state index in [2.05, 4.69) is 25.5 Å². The number of nitrogen functional groups attached to an aromatic ring is 1. The Bertz CT molecular complexity index is 1250. The number of hydrogen-bond donors (Lipinski definition) is 2. The smallest absolute Gasteiger partial charge is 0.320 e. The zero-order chi connectivity index (χ0) is 22.0. The molecule has 3 N–H and O–H groups in total. The fourth-order valence-electron chi connectivity index (χ4n) is 2.80. The van der Waals surface area contributed by atoms with Crippen molar-refractivity contribution in [1.29, 1.82) is 0 Å². The molecular formula is C21H24ClN7O2. The lowest BCUT2D eigenvalue weighted by atomic mass is 10.1. The van der Waals surface area contributed by atoms with Crippen molar-refractivity contribution in [3.8, 4) is 22.8 Å². The number of halogens is 1. The molecule has 2 aromatic heterocycles. The van der Waals surface area contributed by atoms with Gasteiger partial charge in [0.15, 0.2) is 11.5 Å². The van der Waals surface area contributed by atoms with Crippen LogP contribution in [-0.2, 0) is 0 Å². The second-order valence-electron chi connectivity index (χ2n) is 6.81. The largest absolute Gasteiger partial charge is 0.401 e. The molecule has 31 heavy (non-hydrogen) atoms. The number of carbonyl (C=O) groups excluding carboxylic acids is 1. The van der Waals surface area contributed by atoms with Crippen LogP contribution in [-0.4, -0.2) is 45.1 Å². The molecule has 0 atom stereocenters. The van der Waals surface area contributed by atoms with Crippen LogP contribution in [0.2, 0.25) is 5.02 Å². The standard InChI is InChI=1S/C21H18ClN7O2.3H2/c1-29(2)20(30)13-8-6-12(7-9-13)16-11-24-18(23)17(26-16)19-27-28-21(31-19)25-15-5-3-4-14(22)10-15;;;/h3-11H,1-2H3,(H2,23,24)(H,25,28);3*1H. The molecule has 2 aromatic carbocycles. The Morgan fingerprint density at radius 1 is 1.16 bits per heavy atom. The number of anilines is 3. The normalized spacial score (nSPS) is 10.7. The Morgan fingerprint density at radius 3 is 2.65 bits per heavy atom. The summed E-state index contributed by atoms with van der Waals surface area (Å²) in [4.78, 5) is 22.3. The van der Waals surface area contributed by atoms with E-state index < -0.39 is 0 Å². The second kappa shape index (κ2) is 8.41. The molecule has 4 aromatic rings. The number of benzene rings is 2. The summed E-state index contributed by atoms with van der Waals surface area (Å²) in [7, 11) is 3.40. The molecule has 1 amide bonds. The summed E-state index contributed by atoms with van der Waals surface area (Å²) in [6.07, 6.45) is 1.54. The van der Waals surface area contributed by atoms with Gasteiger partial charge in [-0.1, -0.05) is 34.9 Å². The molecule has 0 aliphatic carbocycles. The molecule has 4 rings (SSSR count). The summed E-state index contributed by atoms with van der Waals surface area (Å²) in [5, 5.41) is 11.5. The predicted molar refractivity (Wildman–Crippen MR) is 124 cm³/mol. The van der Waals surface area contributed by atoms with Crippen molar-refractivity contribution in [2.45, 2.75) is 0 Å². The van der Waals surface area contributed by atoms with E-state index in [4.69, 9.17) is 21.8 Å². The Balaban J connectivity index is 0.00000193. The fourth-order valence-corrected chi connectivity index (χ4v) is 2.99. The lowest BCUT2D eigenvalue weighted by molar-refractivity contribution is 0.0827. The Kier molecular flexibility index (Phi) is 5.50. The van der Waals surface area contributed by atoms with E-state index in [1.54, 1.807) is 62.8 Å². The topological polar surface area (TPSA) is 123 Å². The van der Waals surface area contributed by atoms with Crippen molar-refractivity contribution >= 4 is 35.0 Å². The quantitative estimate of drug-likeness (QED) is 0.460. The zero-order valence-corrected chi connectivity index (χ0v) is 17.5. The average molecular weight is 442 g/mol. The number of amides is 1. The van der Waals surface area contributed by atoms with Crippen LogP contribution in [0.3, 0.4) is 0 Å². The first-order valence-corrected chi connectivity index (χ1v) is 9.59. The number of nitrogens with one attached hydrogen (secondary N) is 1. The van der Waals surface area contributed by atoms with Crippen LogP contribution in [0.15, 0.2) is 59.1 Å². The van der Waals surface area contributed by atoms with E-state index in [1.165, 1.54) is 4.90 Å². The molecule has 0 radical (unpaired) electrons. The van der Waals surface area contributed by atoms with Crippen molar-refractivity contribution in [3.05, 3.63) is 65.3 Å². The van der Waals surface area contributed by atoms with Gasteiger partial charge in [0.05, 0.1) is 11.9 Å². The van der Waals surface area contributed by atoms with E-state index in [-0.39, 0.29) is 33.6 Å². The highest BCUT2D eigenvalue weighted by atomic mass is 35.5. The highest BCUT2D eigenvalue weighted by Crippen LogP contribution is 2.27. The van der Waals surface area contributed by atoms with Crippen molar-refractivity contribution in [2.75, 3.05) is 25.1 Å². The highest BCUT2D eigenvalue weighted by Gasteiger charge is 2.16. The van der Waals surface area contributed by atoms with Gasteiger partial charge in [-0.2, -0.15) is 0 Å². The molecule has 0 fully saturated rings. The van der Waals surface area contributed by atoms with Gasteiger partial charge in [0.2, 0.25) is 0 Å². The van der Waals surface area contributed by atoms with Crippen molar-refractivity contribution < 1.29 is 13.5 Å². The first kappa shape index (κ1) is 20.3. The third kappa shape index (κ3) is 4.46. The predicted octanol–water partition coefficient (Wildman–Crippen LogP) is 4.61. The third-order valence-corrected chi connectivity index (χ3v) is 4.57. The summed E-state index contributed by atoms with van der Waals surface area (Å²) in [6, 6.07) is 14.3. The van der Waals surface area contributed by atoms with Gasteiger partial charge in [0.1, 0.15) is 0 Å². The van der Waals surface area contributed by atoms with Crippen molar-refractivity contribution in [1.82, 2.24) is 25.1 Å². The minimum atomic E-state index is -0.0822. The molecule has 2 heterocycles. The Morgan fingerprint density at radius 2 is 1.94 bits per heavy atom. The van der Waals surface area contributed by atoms with Crippen LogP contribution in [0.1, 0.15) is 14.6 Å². The summed E-state index contributed by atoms with van der Waals surface area (Å²) in [5.41, 5.74) is 8.84. The number of hydrogen-bond acceptors (Lipinski definition) is 8. The Hall–Kier alpha value is -3.98. The minimum Gasteiger partial charge on any atom is -0.401 e. The van der Waals surface area contributed by atoms with Gasteiger partial charge in [-0.15, -0.1) is 5.10 Å². The first-order valence-electron chi connectivity index (χ1n) is 9.22. The molecule has 0 unspecified atom stereocenters. The number of aromatic nitrogens is 4. The number of nitrogens with two attached hydrogens (primary N) is 1. The molecule has 0 aliphatic rings. The van der Waals surface area contributed by atoms with Gasteiger partial charge >= 0.3 is 6.01 Å². The molecule has 0 spiro atoms. The van der Waals surface area contributed by atoms with Gasteiger partial charge in [-0.25, -0.2) is 9.97 Å². The van der Waals surface area contributed by atoms with Crippen LogP contribution in [0.4, 0.5) is 17.5 Å². The highest BCUT2D eigenvalue weighted by molar-refractivity contribution is 6.30. The van der Waals surface area contributed by atoms with E-state index in [9.17, 15) is 4.79 Å². The molecule has 162 valence electrons. The number of carbonyl (C=O) groups is 1. The van der Waals surface area contributed by atoms with E-state index >= 15 is 0 Å². The fraction of sp³-hybridized carbons (Fsp3) is 0.0952. The monoisotopic (exact) mass is 441 g/mol. The van der Waals surface area contributed by atoms with Crippen molar-refractivity contribution in [2.24, 2.45) is 0 Å². The SMILES string of the molecule is CN(C)C(=O)c1ccc(-c2cnc(N)c(-c3nnc(Nc4cccc(Cl)c4)o3)n2)cc1.[HH].[HH].[HH]. The minimum absolute atomic E-state index is 0. The molecular weight excluding hydrogens is 418 g/mol. The summed E-state index contributed by atoms with van der Waals surface area (Å²) in [5.74, 6) is 0.193. The van der Waals surface area contributed by atoms with E-state index in [0.717, 1.165) is 5.56 Å². The lowest BCUT2D eigenvalue weighted by Gasteiger charge is -2.10. The molecule has 0 saturated heterocycles. The number of rotatable bonds is 5. The maximum atomic E-state index is 12.1. The summed E-state index contributed by atoms with van der Waals surface area (Å²) < 4.78 is 5.65. The summed E-state index contributed by atoms with van der Waals surface area (Å²) in [6.45, 7) is 0. The van der Waals surface area contributed by atoms with Gasteiger partial charge in [0, 0.05) is 40.2 Å². The van der Waals surface area contributed by atoms with E-state index in [1.807, 2.05) is 6.07 Å². The van der Waals surface area contributed by atoms with Crippen molar-refractivity contribution in [3.63, 3.8) is 0 Å². The molecule has 9 nitrogen and oxygen atoms in total. The van der Waals surface area contributed by atoms with Crippen LogP contribution in [0.5, 0.6) is 0 Å². The van der Waals surface area contributed by atoms with Gasteiger partial charge in [-0.3, -0.25) is 4.79 Å². The zero-order valence-electron chi connectivity index (χ0n) is 16.7. The molecule has 10 heteroatoms. The number of nitrogens with zero attached hydrogens (tertiary/aromatic N) is 5. The van der Waals surface area contributed by atoms with Crippen LogP contribution in [0, 0.1) is 0 Å². The summed E-state index contributed by atoms with van der Waals surface area (Å²) >= 11 is 5.99. The van der Waals surface area contributed by atoms with Crippen LogP contribution >= 0.6 is 11.6 Å². The maximum Gasteiger partial charge on any atom is 0.320 e. The first-order chi connectivity index (χ1) is 14.9. The molecule has 0 bridgehead atoms. The molecule has 0 aliphatic heterocycles. The maximum absolute atomic E-state index is 12.1. The second-order valence-corrected chi connectivity index (χ2v) is 7.25. The average Bonchev–Trinajstić information content (AvgIpc) is 3.22. The molecule has 0 saturated carbocycles. The van der Waals surface area contributed by atoms with Crippen LogP contribution < -0.4 is 11.1 Å². The lowest BCUT2D eigenvalue weighted by Crippen LogP contribution is -2.21. The van der Waals surface area contributed by atoms with E-state index in [0.29, 0.717) is 22.0 Å². The van der Waals surface area contributed by atoms with Gasteiger partial charge in [-0.05, 0) is 30.3 Å². The van der Waals surface area contributed by atoms with Crippen LogP contribution in [0.25, 0.3) is 22.8 Å². The van der Waals surface area contributed by atoms with Gasteiger partial charge < -0.3 is 20.4 Å². The Labute approximate surface area is 187 Å².